The van der Waals surface area contributed by atoms with Gasteiger partial charge in [0.05, 0.1) is 12.7 Å². The maximum absolute atomic E-state index is 11.0. The normalized spacial score (nSPS) is 24.4. The number of carbonyl (C=O) groups is 1. The summed E-state index contributed by atoms with van der Waals surface area (Å²) in [6.45, 7) is -0.0772. The fourth-order valence-corrected chi connectivity index (χ4v) is 5.59. The number of carboxylic acid groups (broad SMARTS) is 1. The van der Waals surface area contributed by atoms with Crippen LogP contribution in [0.5, 0.6) is 0 Å². The monoisotopic (exact) mass is 454 g/mol. The number of alkyl halides is 1. The summed E-state index contributed by atoms with van der Waals surface area (Å²) in [6.07, 6.45) is 6.54. The van der Waals surface area contributed by atoms with Crippen LogP contribution in [-0.2, 0) is 13.0 Å². The molecule has 1 aliphatic carbocycles. The Morgan fingerprint density at radius 2 is 2.07 bits per heavy atom. The molecule has 0 bridgehead atoms. The summed E-state index contributed by atoms with van der Waals surface area (Å²) >= 11 is 13.9. The van der Waals surface area contributed by atoms with Gasteiger partial charge in [-0.15, -0.1) is 22.9 Å². The number of hydrogen-bond donors (Lipinski definition) is 3. The van der Waals surface area contributed by atoms with Crippen LogP contribution in [0.1, 0.15) is 44.9 Å². The molecular formula is C22H24Cl2O4S. The molecule has 1 aliphatic rings. The summed E-state index contributed by atoms with van der Waals surface area (Å²) < 4.78 is 0. The van der Waals surface area contributed by atoms with Crippen LogP contribution in [0.15, 0.2) is 36.4 Å². The Bertz CT molecular complexity index is 879. The highest BCUT2D eigenvalue weighted by Gasteiger charge is 2.39. The van der Waals surface area contributed by atoms with Crippen molar-refractivity contribution in [3.63, 3.8) is 0 Å². The molecule has 0 unspecified atom stereocenters. The molecule has 0 aliphatic heterocycles. The third kappa shape index (κ3) is 5.83. The van der Waals surface area contributed by atoms with Gasteiger partial charge >= 0.3 is 5.97 Å². The third-order valence-electron chi connectivity index (χ3n) is 5.38. The van der Waals surface area contributed by atoms with Crippen LogP contribution in [0.25, 0.3) is 6.08 Å². The predicted molar refractivity (Wildman–Crippen MR) is 118 cm³/mol. The first-order chi connectivity index (χ1) is 13.9. The number of carboxylic acids is 1. The van der Waals surface area contributed by atoms with Crippen LogP contribution >= 0.6 is 34.5 Å². The van der Waals surface area contributed by atoms with Crippen LogP contribution in [0, 0.1) is 11.8 Å². The molecule has 2 aromatic rings. The van der Waals surface area contributed by atoms with Crippen molar-refractivity contribution in [2.24, 2.45) is 11.8 Å². The molecule has 1 aromatic carbocycles. The number of aliphatic hydroxyl groups excluding tert-OH is 2. The summed E-state index contributed by atoms with van der Waals surface area (Å²) in [7, 11) is 0. The fourth-order valence-electron chi connectivity index (χ4n) is 3.96. The third-order valence-corrected chi connectivity index (χ3v) is 7.23. The lowest BCUT2D eigenvalue weighted by molar-refractivity contribution is 0.0702. The van der Waals surface area contributed by atoms with Crippen LogP contribution < -0.4 is 0 Å². The zero-order valence-electron chi connectivity index (χ0n) is 15.8. The lowest BCUT2D eigenvalue weighted by Gasteiger charge is -2.20. The number of thiophene rings is 1. The van der Waals surface area contributed by atoms with Crippen LogP contribution in [0.4, 0.5) is 0 Å². The molecule has 7 heteroatoms. The second-order valence-corrected chi connectivity index (χ2v) is 9.60. The molecule has 156 valence electrons. The first-order valence-corrected chi connectivity index (χ1v) is 11.2. The highest BCUT2D eigenvalue weighted by atomic mass is 35.5. The largest absolute Gasteiger partial charge is 0.477 e. The van der Waals surface area contributed by atoms with Gasteiger partial charge in [-0.2, -0.15) is 0 Å². The number of hydrogen-bond acceptors (Lipinski definition) is 4. The van der Waals surface area contributed by atoms with Gasteiger partial charge in [0.2, 0.25) is 0 Å². The topological polar surface area (TPSA) is 77.8 Å². The summed E-state index contributed by atoms with van der Waals surface area (Å²) in [5.41, 5.74) is 1.62. The van der Waals surface area contributed by atoms with E-state index in [1.165, 1.54) is 11.3 Å². The molecule has 1 aromatic heterocycles. The van der Waals surface area contributed by atoms with Gasteiger partial charge in [0.25, 0.3) is 0 Å². The molecule has 3 rings (SSSR count). The molecule has 0 amide bonds. The van der Waals surface area contributed by atoms with E-state index in [-0.39, 0.29) is 23.8 Å². The number of halogens is 2. The van der Waals surface area contributed by atoms with E-state index in [1.54, 1.807) is 12.1 Å². The van der Waals surface area contributed by atoms with Crippen LogP contribution in [-0.4, -0.2) is 32.8 Å². The SMILES string of the molecule is O=C(O)c1ccc(CCC[C@@H]2[C@@H](/C=C/c3cc(Cl)cc(CO)c3)[C@H](O)C[C@H]2Cl)s1. The van der Waals surface area contributed by atoms with Crippen molar-refractivity contribution in [3.05, 3.63) is 62.3 Å². The smallest absolute Gasteiger partial charge is 0.345 e. The van der Waals surface area contributed by atoms with Gasteiger partial charge in [-0.25, -0.2) is 4.79 Å². The van der Waals surface area contributed by atoms with Gasteiger partial charge < -0.3 is 15.3 Å². The Morgan fingerprint density at radius 1 is 1.28 bits per heavy atom. The van der Waals surface area contributed by atoms with Gasteiger partial charge in [0.15, 0.2) is 0 Å². The molecule has 0 saturated heterocycles. The second kappa shape index (κ2) is 10.1. The van der Waals surface area contributed by atoms with Gasteiger partial charge in [0.1, 0.15) is 4.88 Å². The number of aryl methyl sites for hydroxylation is 1. The van der Waals surface area contributed by atoms with Crippen LogP contribution in [0.3, 0.4) is 0 Å². The molecule has 1 saturated carbocycles. The number of aliphatic hydroxyl groups is 2. The molecule has 4 nitrogen and oxygen atoms in total. The Balaban J connectivity index is 1.63. The minimum absolute atomic E-state index is 0.0491. The molecular weight excluding hydrogens is 431 g/mol. The maximum Gasteiger partial charge on any atom is 0.345 e. The van der Waals surface area contributed by atoms with Gasteiger partial charge in [-0.1, -0.05) is 23.8 Å². The lowest BCUT2D eigenvalue weighted by Crippen LogP contribution is -2.18. The average Bonchev–Trinajstić information content (AvgIpc) is 3.25. The number of rotatable bonds is 8. The van der Waals surface area contributed by atoms with Crippen molar-refractivity contribution in [2.75, 3.05) is 0 Å². The van der Waals surface area contributed by atoms with E-state index >= 15 is 0 Å². The highest BCUT2D eigenvalue weighted by molar-refractivity contribution is 7.13. The average molecular weight is 455 g/mol. The Kier molecular flexibility index (Phi) is 7.77. The molecule has 0 radical (unpaired) electrons. The summed E-state index contributed by atoms with van der Waals surface area (Å²) in [5, 5.41) is 29.3. The lowest BCUT2D eigenvalue weighted by atomic mass is 9.89. The first-order valence-electron chi connectivity index (χ1n) is 9.60. The summed E-state index contributed by atoms with van der Waals surface area (Å²) in [5.74, 6) is -0.790. The maximum atomic E-state index is 11.0. The molecule has 1 heterocycles. The van der Waals surface area contributed by atoms with E-state index < -0.39 is 12.1 Å². The van der Waals surface area contributed by atoms with Crippen molar-refractivity contribution in [1.82, 2.24) is 0 Å². The molecule has 4 atom stereocenters. The van der Waals surface area contributed by atoms with Crippen molar-refractivity contribution < 1.29 is 20.1 Å². The van der Waals surface area contributed by atoms with Crippen molar-refractivity contribution in [1.29, 1.82) is 0 Å². The molecule has 0 spiro atoms. The van der Waals surface area contributed by atoms with E-state index in [0.29, 0.717) is 16.3 Å². The van der Waals surface area contributed by atoms with Crippen molar-refractivity contribution >= 4 is 46.6 Å². The predicted octanol–water partition coefficient (Wildman–Crippen LogP) is 5.23. The fraction of sp³-hybridized carbons (Fsp3) is 0.409. The number of aromatic carboxylic acids is 1. The van der Waals surface area contributed by atoms with Crippen molar-refractivity contribution in [3.8, 4) is 0 Å². The minimum Gasteiger partial charge on any atom is -0.477 e. The van der Waals surface area contributed by atoms with Gasteiger partial charge in [-0.3, -0.25) is 0 Å². The standard InChI is InChI=1S/C22H24Cl2O4S/c23-15-9-13(8-14(10-15)12-25)4-6-18-17(19(24)11-20(18)26)3-1-2-16-5-7-21(29-16)22(27)28/h4-10,17-20,25-26H,1-3,11-12H2,(H,27,28)/b6-4+/t17-,18-,19-,20-/m1/s1. The Labute approximate surface area is 184 Å². The Morgan fingerprint density at radius 3 is 2.76 bits per heavy atom. The van der Waals surface area contributed by atoms with Crippen molar-refractivity contribution in [2.45, 2.75) is 43.8 Å². The summed E-state index contributed by atoms with van der Waals surface area (Å²) in [6, 6.07) is 8.92. The van der Waals surface area contributed by atoms with Gasteiger partial charge in [0, 0.05) is 21.2 Å². The van der Waals surface area contributed by atoms with E-state index in [2.05, 4.69) is 0 Å². The highest BCUT2D eigenvalue weighted by Crippen LogP contribution is 2.40. The number of benzene rings is 1. The zero-order valence-corrected chi connectivity index (χ0v) is 18.1. The molecule has 1 fully saturated rings. The van der Waals surface area contributed by atoms with E-state index in [4.69, 9.17) is 28.3 Å². The minimum atomic E-state index is -0.892. The quantitative estimate of drug-likeness (QED) is 0.477. The zero-order chi connectivity index (χ0) is 21.0. The summed E-state index contributed by atoms with van der Waals surface area (Å²) in [4.78, 5) is 12.4. The molecule has 29 heavy (non-hydrogen) atoms. The second-order valence-electron chi connectivity index (χ2n) is 7.43. The van der Waals surface area contributed by atoms with E-state index in [9.17, 15) is 15.0 Å². The van der Waals surface area contributed by atoms with E-state index in [1.807, 2.05) is 30.4 Å². The first kappa shape index (κ1) is 22.3. The molecule has 3 N–H and O–H groups in total. The Hall–Kier alpha value is -1.37. The van der Waals surface area contributed by atoms with E-state index in [0.717, 1.165) is 35.3 Å². The van der Waals surface area contributed by atoms with Crippen LogP contribution in [0.2, 0.25) is 5.02 Å². The van der Waals surface area contributed by atoms with Gasteiger partial charge in [-0.05, 0) is 73.1 Å².